The Labute approximate surface area is 116 Å². The highest BCUT2D eigenvalue weighted by Gasteiger charge is 2.24. The molecule has 0 amide bonds. The Morgan fingerprint density at radius 1 is 1.11 bits per heavy atom. The molecule has 3 nitrogen and oxygen atoms in total. The summed E-state index contributed by atoms with van der Waals surface area (Å²) in [5.74, 6) is 1.00. The van der Waals surface area contributed by atoms with E-state index in [0.29, 0.717) is 0 Å². The van der Waals surface area contributed by atoms with Gasteiger partial charge in [-0.1, -0.05) is 0 Å². The maximum Gasteiger partial charge on any atom is 0.0270 e. The van der Waals surface area contributed by atoms with Crippen LogP contribution in [0.3, 0.4) is 0 Å². The average molecular weight is 259 g/mol. The minimum absolute atomic E-state index is 0.776. The minimum atomic E-state index is 0.776. The maximum absolute atomic E-state index is 4.07. The lowest BCUT2D eigenvalue weighted by Gasteiger charge is -2.32. The highest BCUT2D eigenvalue weighted by Crippen LogP contribution is 2.28. The largest absolute Gasteiger partial charge is 0.314 e. The summed E-state index contributed by atoms with van der Waals surface area (Å²) >= 11 is 0. The van der Waals surface area contributed by atoms with Gasteiger partial charge in [-0.15, -0.1) is 0 Å². The lowest BCUT2D eigenvalue weighted by molar-refractivity contribution is 0.199. The van der Waals surface area contributed by atoms with Gasteiger partial charge in [0.25, 0.3) is 0 Å². The summed E-state index contributed by atoms with van der Waals surface area (Å²) in [6, 6.07) is 5.03. The van der Waals surface area contributed by atoms with E-state index in [1.807, 2.05) is 12.4 Å². The number of nitrogens with one attached hydrogen (secondary N) is 1. The zero-order chi connectivity index (χ0) is 12.9. The maximum atomic E-state index is 4.07. The molecule has 0 aromatic carbocycles. The fraction of sp³-hybridized carbons (Fsp3) is 0.688. The van der Waals surface area contributed by atoms with E-state index in [4.69, 9.17) is 0 Å². The second-order valence-corrected chi connectivity index (χ2v) is 6.07. The zero-order valence-electron chi connectivity index (χ0n) is 11.7. The van der Waals surface area contributed by atoms with Crippen molar-refractivity contribution in [1.82, 2.24) is 15.2 Å². The molecule has 0 spiro atoms. The Morgan fingerprint density at radius 3 is 2.53 bits per heavy atom. The van der Waals surface area contributed by atoms with Crippen molar-refractivity contribution in [3.05, 3.63) is 30.1 Å². The van der Waals surface area contributed by atoms with Crippen LogP contribution in [-0.2, 0) is 6.42 Å². The summed E-state index contributed by atoms with van der Waals surface area (Å²) in [4.78, 5) is 6.67. The second-order valence-electron chi connectivity index (χ2n) is 6.07. The standard InChI is InChI=1S/C16H25N3/c1-2-15(1)13-18-16-6-11-19(12-7-16)10-5-14-3-8-17-9-4-14/h3-4,8-9,15-16,18H,1-2,5-7,10-13H2. The number of hydrogen-bond acceptors (Lipinski definition) is 3. The molecule has 2 fully saturated rings. The molecule has 0 radical (unpaired) electrons. The predicted octanol–water partition coefficient (Wildman–Crippen LogP) is 2.09. The summed E-state index contributed by atoms with van der Waals surface area (Å²) in [6.45, 7) is 4.97. The van der Waals surface area contributed by atoms with Crippen molar-refractivity contribution in [2.75, 3.05) is 26.2 Å². The Bertz CT molecular complexity index is 367. The molecule has 104 valence electrons. The normalized spacial score (nSPS) is 21.7. The first-order valence-electron chi connectivity index (χ1n) is 7.75. The van der Waals surface area contributed by atoms with E-state index in [0.717, 1.165) is 18.4 Å². The highest BCUT2D eigenvalue weighted by atomic mass is 15.1. The molecular weight excluding hydrogens is 234 g/mol. The van der Waals surface area contributed by atoms with Crippen LogP contribution in [-0.4, -0.2) is 42.1 Å². The van der Waals surface area contributed by atoms with Crippen molar-refractivity contribution in [3.8, 4) is 0 Å². The second kappa shape index (κ2) is 6.49. The summed E-state index contributed by atoms with van der Waals surface area (Å²) in [6.07, 6.45) is 10.5. The molecule has 1 aliphatic heterocycles. The van der Waals surface area contributed by atoms with Crippen molar-refractivity contribution < 1.29 is 0 Å². The van der Waals surface area contributed by atoms with Gasteiger partial charge in [0, 0.05) is 25.0 Å². The van der Waals surface area contributed by atoms with Crippen LogP contribution in [0.25, 0.3) is 0 Å². The van der Waals surface area contributed by atoms with Crippen LogP contribution < -0.4 is 5.32 Å². The Hall–Kier alpha value is -0.930. The number of piperidine rings is 1. The SMILES string of the molecule is c1cc(CCN2CCC(NCC3CC3)CC2)ccn1. The van der Waals surface area contributed by atoms with Crippen LogP contribution in [0.4, 0.5) is 0 Å². The van der Waals surface area contributed by atoms with E-state index in [9.17, 15) is 0 Å². The molecule has 2 aliphatic rings. The van der Waals surface area contributed by atoms with E-state index in [1.165, 1.54) is 57.4 Å². The number of hydrogen-bond donors (Lipinski definition) is 1. The van der Waals surface area contributed by atoms with E-state index < -0.39 is 0 Å². The molecule has 0 unspecified atom stereocenters. The molecule has 1 aromatic rings. The molecule has 2 heterocycles. The van der Waals surface area contributed by atoms with Gasteiger partial charge in [-0.2, -0.15) is 0 Å². The molecule has 1 aliphatic carbocycles. The highest BCUT2D eigenvalue weighted by molar-refractivity contribution is 5.09. The average Bonchev–Trinajstić information content (AvgIpc) is 3.29. The number of rotatable bonds is 6. The third-order valence-corrected chi connectivity index (χ3v) is 4.45. The van der Waals surface area contributed by atoms with Crippen LogP contribution in [0.2, 0.25) is 0 Å². The first kappa shape index (κ1) is 13.1. The van der Waals surface area contributed by atoms with Crippen molar-refractivity contribution >= 4 is 0 Å². The molecule has 1 saturated carbocycles. The lowest BCUT2D eigenvalue weighted by Crippen LogP contribution is -2.43. The van der Waals surface area contributed by atoms with Crippen molar-refractivity contribution in [3.63, 3.8) is 0 Å². The van der Waals surface area contributed by atoms with Gasteiger partial charge >= 0.3 is 0 Å². The quantitative estimate of drug-likeness (QED) is 0.848. The molecule has 3 heteroatoms. The fourth-order valence-corrected chi connectivity index (χ4v) is 2.85. The van der Waals surface area contributed by atoms with Crippen molar-refractivity contribution in [1.29, 1.82) is 0 Å². The number of likely N-dealkylation sites (tertiary alicyclic amines) is 1. The Balaban J connectivity index is 1.33. The van der Waals surface area contributed by atoms with Gasteiger partial charge in [0.2, 0.25) is 0 Å². The molecule has 1 saturated heterocycles. The van der Waals surface area contributed by atoms with Gasteiger partial charge in [-0.05, 0) is 75.4 Å². The monoisotopic (exact) mass is 259 g/mol. The smallest absolute Gasteiger partial charge is 0.0270 e. The van der Waals surface area contributed by atoms with Crippen molar-refractivity contribution in [2.24, 2.45) is 5.92 Å². The van der Waals surface area contributed by atoms with E-state index in [1.54, 1.807) is 0 Å². The topological polar surface area (TPSA) is 28.2 Å². The molecule has 19 heavy (non-hydrogen) atoms. The third kappa shape index (κ3) is 4.29. The summed E-state index contributed by atoms with van der Waals surface area (Å²) in [5.41, 5.74) is 1.41. The lowest BCUT2D eigenvalue weighted by atomic mass is 10.0. The summed E-state index contributed by atoms with van der Waals surface area (Å²) in [7, 11) is 0. The van der Waals surface area contributed by atoms with Gasteiger partial charge in [0.05, 0.1) is 0 Å². The molecule has 1 aromatic heterocycles. The minimum Gasteiger partial charge on any atom is -0.314 e. The molecule has 0 bridgehead atoms. The first-order valence-corrected chi connectivity index (χ1v) is 7.75. The molecular formula is C16H25N3. The van der Waals surface area contributed by atoms with Crippen molar-refractivity contribution in [2.45, 2.75) is 38.1 Å². The van der Waals surface area contributed by atoms with Gasteiger partial charge < -0.3 is 10.2 Å². The summed E-state index contributed by atoms with van der Waals surface area (Å²) in [5, 5.41) is 3.74. The van der Waals surface area contributed by atoms with Gasteiger partial charge in [-0.25, -0.2) is 0 Å². The Morgan fingerprint density at radius 2 is 1.84 bits per heavy atom. The fourth-order valence-electron chi connectivity index (χ4n) is 2.85. The van der Waals surface area contributed by atoms with Crippen LogP contribution in [0, 0.1) is 5.92 Å². The van der Waals surface area contributed by atoms with Gasteiger partial charge in [0.15, 0.2) is 0 Å². The van der Waals surface area contributed by atoms with Crippen LogP contribution >= 0.6 is 0 Å². The molecule has 1 N–H and O–H groups in total. The predicted molar refractivity (Wildman–Crippen MR) is 78.1 cm³/mol. The molecule has 0 atom stereocenters. The van der Waals surface area contributed by atoms with Crippen LogP contribution in [0.1, 0.15) is 31.2 Å². The van der Waals surface area contributed by atoms with E-state index in [2.05, 4.69) is 27.3 Å². The number of pyridine rings is 1. The van der Waals surface area contributed by atoms with Gasteiger partial charge in [0.1, 0.15) is 0 Å². The first-order chi connectivity index (χ1) is 9.40. The number of aromatic nitrogens is 1. The summed E-state index contributed by atoms with van der Waals surface area (Å²) < 4.78 is 0. The number of nitrogens with zero attached hydrogens (tertiary/aromatic N) is 2. The van der Waals surface area contributed by atoms with Crippen LogP contribution in [0.15, 0.2) is 24.5 Å². The Kier molecular flexibility index (Phi) is 4.46. The van der Waals surface area contributed by atoms with E-state index >= 15 is 0 Å². The zero-order valence-corrected chi connectivity index (χ0v) is 11.7. The van der Waals surface area contributed by atoms with Gasteiger partial charge in [-0.3, -0.25) is 4.98 Å². The van der Waals surface area contributed by atoms with E-state index in [-0.39, 0.29) is 0 Å². The molecule has 3 rings (SSSR count). The van der Waals surface area contributed by atoms with Crippen LogP contribution in [0.5, 0.6) is 0 Å². The third-order valence-electron chi connectivity index (χ3n) is 4.45.